The van der Waals surface area contributed by atoms with Crippen LogP contribution in [0.2, 0.25) is 0 Å². The first-order valence-corrected chi connectivity index (χ1v) is 8.86. The molecule has 114 valence electrons. The molecule has 0 saturated carbocycles. The fraction of sp³-hybridized carbons (Fsp3) is 0. The summed E-state index contributed by atoms with van der Waals surface area (Å²) in [6.45, 7) is 0. The minimum absolute atomic E-state index is 0.166. The first-order chi connectivity index (χ1) is 11.1. The van der Waals surface area contributed by atoms with Crippen molar-refractivity contribution in [2.75, 3.05) is 0 Å². The zero-order valence-corrected chi connectivity index (χ0v) is 13.6. The summed E-state index contributed by atoms with van der Waals surface area (Å²) in [5, 5.41) is 1.87. The molecular weight excluding hydrogens is 328 g/mol. The van der Waals surface area contributed by atoms with Gasteiger partial charge in [0.1, 0.15) is 0 Å². The third-order valence-electron chi connectivity index (χ3n) is 3.81. The van der Waals surface area contributed by atoms with E-state index < -0.39 is 10.0 Å². The van der Waals surface area contributed by atoms with Gasteiger partial charge in [-0.25, -0.2) is 12.4 Å². The Labute approximate surface area is 138 Å². The predicted molar refractivity (Wildman–Crippen MR) is 93.7 cm³/mol. The van der Waals surface area contributed by atoms with Gasteiger partial charge in [0.25, 0.3) is 10.0 Å². The average molecular weight is 340 g/mol. The highest BCUT2D eigenvalue weighted by molar-refractivity contribution is 7.90. The first kappa shape index (κ1) is 14.2. The Bertz CT molecular complexity index is 1200. The molecule has 3 aromatic carbocycles. The molecule has 1 aromatic heterocycles. The Kier molecular flexibility index (Phi) is 3.11. The highest BCUT2D eigenvalue weighted by Crippen LogP contribution is 2.24. The van der Waals surface area contributed by atoms with Crippen LogP contribution in [0.5, 0.6) is 0 Å². The lowest BCUT2D eigenvalue weighted by molar-refractivity contribution is 0.588. The molecule has 0 atom stereocenters. The van der Waals surface area contributed by atoms with Crippen LogP contribution in [0, 0.1) is 4.77 Å². The number of aromatic amines is 1. The summed E-state index contributed by atoms with van der Waals surface area (Å²) in [5.41, 5.74) is 1.24. The molecule has 4 nitrogen and oxygen atoms in total. The molecule has 1 N–H and O–H groups in total. The van der Waals surface area contributed by atoms with Crippen LogP contribution >= 0.6 is 12.2 Å². The van der Waals surface area contributed by atoms with E-state index in [0.717, 1.165) is 10.8 Å². The molecule has 23 heavy (non-hydrogen) atoms. The molecule has 6 heteroatoms. The van der Waals surface area contributed by atoms with Gasteiger partial charge < -0.3 is 4.98 Å². The molecule has 0 spiro atoms. The molecule has 0 aliphatic heterocycles. The van der Waals surface area contributed by atoms with Gasteiger partial charge in [-0.3, -0.25) is 0 Å². The van der Waals surface area contributed by atoms with Crippen LogP contribution in [-0.4, -0.2) is 17.4 Å². The van der Waals surface area contributed by atoms with Crippen molar-refractivity contribution in [1.29, 1.82) is 0 Å². The topological polar surface area (TPSA) is 54.9 Å². The first-order valence-electron chi connectivity index (χ1n) is 7.01. The highest BCUT2D eigenvalue weighted by Gasteiger charge is 2.21. The fourth-order valence-corrected chi connectivity index (χ4v) is 4.62. The molecule has 0 saturated heterocycles. The van der Waals surface area contributed by atoms with Crippen molar-refractivity contribution >= 4 is 44.0 Å². The smallest absolute Gasteiger partial charge is 0.270 e. The molecule has 0 radical (unpaired) electrons. The number of rotatable bonds is 2. The standard InChI is InChI=1S/C17H12N2O2S2/c20-23(21,14-10-9-12-5-1-2-6-13(12)11-14)19-16-8-4-3-7-15(16)18-17(19)22/h1-11H,(H,18,22). The van der Waals surface area contributed by atoms with E-state index in [0.29, 0.717) is 11.0 Å². The largest absolute Gasteiger partial charge is 0.330 e. The normalized spacial score (nSPS) is 12.0. The van der Waals surface area contributed by atoms with Gasteiger partial charge in [0.2, 0.25) is 0 Å². The minimum atomic E-state index is -3.76. The van der Waals surface area contributed by atoms with Crippen LogP contribution in [-0.2, 0) is 10.0 Å². The maximum absolute atomic E-state index is 13.0. The van der Waals surface area contributed by atoms with E-state index in [1.807, 2.05) is 30.3 Å². The fourth-order valence-electron chi connectivity index (χ4n) is 2.70. The van der Waals surface area contributed by atoms with E-state index in [4.69, 9.17) is 12.2 Å². The summed E-state index contributed by atoms with van der Waals surface area (Å²) in [4.78, 5) is 3.16. The van der Waals surface area contributed by atoms with Crippen LogP contribution in [0.25, 0.3) is 21.8 Å². The molecule has 0 fully saturated rings. The van der Waals surface area contributed by atoms with E-state index in [2.05, 4.69) is 4.98 Å². The number of nitrogens with one attached hydrogen (secondary N) is 1. The van der Waals surface area contributed by atoms with Crippen LogP contribution in [0.4, 0.5) is 0 Å². The van der Waals surface area contributed by atoms with Gasteiger partial charge in [0.15, 0.2) is 4.77 Å². The Hall–Kier alpha value is -2.44. The molecule has 0 unspecified atom stereocenters. The molecule has 0 aliphatic carbocycles. The van der Waals surface area contributed by atoms with Gasteiger partial charge in [0.05, 0.1) is 15.9 Å². The van der Waals surface area contributed by atoms with E-state index >= 15 is 0 Å². The van der Waals surface area contributed by atoms with Crippen molar-refractivity contribution in [3.05, 3.63) is 71.5 Å². The van der Waals surface area contributed by atoms with Crippen molar-refractivity contribution < 1.29 is 8.42 Å². The number of aromatic nitrogens is 2. The lowest BCUT2D eigenvalue weighted by atomic mass is 10.1. The van der Waals surface area contributed by atoms with Crippen LogP contribution < -0.4 is 0 Å². The van der Waals surface area contributed by atoms with E-state index in [9.17, 15) is 8.42 Å². The Morgan fingerprint density at radius 1 is 0.870 bits per heavy atom. The number of hydrogen-bond donors (Lipinski definition) is 1. The number of fused-ring (bicyclic) bond motifs is 2. The summed E-state index contributed by atoms with van der Waals surface area (Å²) in [6.07, 6.45) is 0. The van der Waals surface area contributed by atoms with Crippen molar-refractivity contribution in [3.8, 4) is 0 Å². The second kappa shape index (κ2) is 5.04. The maximum Gasteiger partial charge on any atom is 0.270 e. The van der Waals surface area contributed by atoms with Gasteiger partial charge in [-0.05, 0) is 47.3 Å². The van der Waals surface area contributed by atoms with Crippen LogP contribution in [0.1, 0.15) is 0 Å². The van der Waals surface area contributed by atoms with Crippen LogP contribution in [0.15, 0.2) is 71.6 Å². The molecule has 0 aliphatic rings. The Balaban J connectivity index is 2.01. The molecule has 4 aromatic rings. The minimum Gasteiger partial charge on any atom is -0.330 e. The summed E-state index contributed by atoms with van der Waals surface area (Å²) in [6, 6.07) is 19.9. The number of hydrogen-bond acceptors (Lipinski definition) is 3. The average Bonchev–Trinajstić information content (AvgIpc) is 2.90. The zero-order valence-electron chi connectivity index (χ0n) is 11.9. The van der Waals surface area contributed by atoms with Gasteiger partial charge in [-0.15, -0.1) is 0 Å². The maximum atomic E-state index is 13.0. The van der Waals surface area contributed by atoms with E-state index in [1.54, 1.807) is 36.4 Å². The van der Waals surface area contributed by atoms with Crippen LogP contribution in [0.3, 0.4) is 0 Å². The lowest BCUT2D eigenvalue weighted by Crippen LogP contribution is -2.13. The van der Waals surface area contributed by atoms with Gasteiger partial charge in [-0.1, -0.05) is 42.5 Å². The van der Waals surface area contributed by atoms with Gasteiger partial charge >= 0.3 is 0 Å². The van der Waals surface area contributed by atoms with Gasteiger partial charge in [-0.2, -0.15) is 0 Å². The van der Waals surface area contributed by atoms with Crippen molar-refractivity contribution in [1.82, 2.24) is 8.96 Å². The number of H-pyrrole nitrogens is 1. The molecule has 0 bridgehead atoms. The van der Waals surface area contributed by atoms with E-state index in [-0.39, 0.29) is 9.67 Å². The third kappa shape index (κ3) is 2.18. The lowest BCUT2D eigenvalue weighted by Gasteiger charge is -2.08. The second-order valence-corrected chi connectivity index (χ2v) is 7.40. The summed E-state index contributed by atoms with van der Waals surface area (Å²) in [7, 11) is -3.76. The zero-order chi connectivity index (χ0) is 16.0. The summed E-state index contributed by atoms with van der Waals surface area (Å²) < 4.78 is 27.4. The molecule has 0 amide bonds. The van der Waals surface area contributed by atoms with E-state index in [1.165, 1.54) is 3.97 Å². The molecule has 1 heterocycles. The summed E-state index contributed by atoms with van der Waals surface area (Å²) in [5.74, 6) is 0. The second-order valence-electron chi connectivity index (χ2n) is 5.23. The number of imidazole rings is 1. The quantitative estimate of drug-likeness (QED) is 0.559. The van der Waals surface area contributed by atoms with Crippen molar-refractivity contribution in [3.63, 3.8) is 0 Å². The SMILES string of the molecule is O=S(=O)(c1ccc2ccccc2c1)n1c(=S)[nH]c2ccccc21. The Morgan fingerprint density at radius 2 is 1.57 bits per heavy atom. The molecular formula is C17H12N2O2S2. The third-order valence-corrected chi connectivity index (χ3v) is 5.92. The highest BCUT2D eigenvalue weighted by atomic mass is 32.2. The Morgan fingerprint density at radius 3 is 2.39 bits per heavy atom. The van der Waals surface area contributed by atoms with Crippen molar-refractivity contribution in [2.45, 2.75) is 4.90 Å². The molecule has 4 rings (SSSR count). The summed E-state index contributed by atoms with van der Waals surface area (Å²) >= 11 is 5.23. The van der Waals surface area contributed by atoms with Crippen molar-refractivity contribution in [2.24, 2.45) is 0 Å². The monoisotopic (exact) mass is 340 g/mol. The van der Waals surface area contributed by atoms with Gasteiger partial charge in [0, 0.05) is 0 Å². The number of nitrogens with zero attached hydrogens (tertiary/aromatic N) is 1. The predicted octanol–water partition coefficient (Wildman–Crippen LogP) is 4.09. The number of benzene rings is 3. The number of para-hydroxylation sites is 2.